The van der Waals surface area contributed by atoms with E-state index in [1.54, 1.807) is 0 Å². The maximum atomic E-state index is 12.9. The van der Waals surface area contributed by atoms with Crippen LogP contribution in [0.3, 0.4) is 0 Å². The Morgan fingerprint density at radius 3 is 2.90 bits per heavy atom. The molecule has 0 unspecified atom stereocenters. The van der Waals surface area contributed by atoms with Gasteiger partial charge in [-0.15, -0.1) is 10.3 Å². The number of nitrogens with zero attached hydrogens (tertiary/aromatic N) is 2. The molecule has 0 aromatic heterocycles. The Morgan fingerprint density at radius 2 is 2.30 bits per heavy atom. The van der Waals surface area contributed by atoms with Crippen molar-refractivity contribution >= 4 is 21.8 Å². The van der Waals surface area contributed by atoms with E-state index in [4.69, 9.17) is 9.29 Å². The van der Waals surface area contributed by atoms with Crippen LogP contribution in [0.2, 0.25) is 0 Å². The highest BCUT2D eigenvalue weighted by Crippen LogP contribution is 2.27. The molecule has 107 valence electrons. The van der Waals surface area contributed by atoms with Crippen LogP contribution in [0.4, 0.5) is 10.1 Å². The van der Waals surface area contributed by atoms with Gasteiger partial charge < -0.3 is 4.74 Å². The Morgan fingerprint density at radius 1 is 1.55 bits per heavy atom. The summed E-state index contributed by atoms with van der Waals surface area (Å²) in [7, 11) is -3.02. The molecule has 8 nitrogen and oxygen atoms in total. The van der Waals surface area contributed by atoms with E-state index in [1.165, 1.54) is 13.2 Å². The molecular weight excluding hydrogens is 291 g/mol. The highest BCUT2D eigenvalue weighted by atomic mass is 32.2. The predicted molar refractivity (Wildman–Crippen MR) is 67.8 cm³/mol. The number of hydrogen-bond donors (Lipinski definition) is 3. The average molecular weight is 301 g/mol. The fourth-order valence-corrected chi connectivity index (χ4v) is 1.89. The SMILES string of the molecule is COc1cc(S(=O)(=O)O)ccc1NN1N=C(F)C=[C]N1. The molecule has 0 amide bonds. The zero-order chi connectivity index (χ0) is 14.8. The topological polar surface area (TPSA) is 103 Å². The highest BCUT2D eigenvalue weighted by Gasteiger charge is 2.15. The van der Waals surface area contributed by atoms with E-state index >= 15 is 0 Å². The molecule has 0 atom stereocenters. The Kier molecular flexibility index (Phi) is 3.77. The van der Waals surface area contributed by atoms with Crippen molar-refractivity contribution < 1.29 is 22.1 Å². The summed E-state index contributed by atoms with van der Waals surface area (Å²) in [6.07, 6.45) is 3.38. The number of halogens is 1. The second-order valence-corrected chi connectivity index (χ2v) is 5.01. The van der Waals surface area contributed by atoms with E-state index in [2.05, 4.69) is 22.2 Å². The van der Waals surface area contributed by atoms with Gasteiger partial charge in [0.05, 0.1) is 23.9 Å². The van der Waals surface area contributed by atoms with Crippen LogP contribution in [-0.2, 0) is 10.1 Å². The molecule has 3 N–H and O–H groups in total. The Bertz CT molecular complexity index is 674. The van der Waals surface area contributed by atoms with E-state index < -0.39 is 16.1 Å². The molecule has 0 saturated heterocycles. The van der Waals surface area contributed by atoms with Gasteiger partial charge in [0, 0.05) is 12.1 Å². The van der Waals surface area contributed by atoms with E-state index in [1.807, 2.05) is 0 Å². The first-order valence-corrected chi connectivity index (χ1v) is 6.65. The number of ether oxygens (including phenoxy) is 1. The molecule has 1 aromatic rings. The van der Waals surface area contributed by atoms with Crippen LogP contribution in [0.1, 0.15) is 0 Å². The van der Waals surface area contributed by atoms with Gasteiger partial charge in [0.1, 0.15) is 5.75 Å². The van der Waals surface area contributed by atoms with Crippen molar-refractivity contribution in [2.24, 2.45) is 5.10 Å². The first-order valence-electron chi connectivity index (χ1n) is 5.21. The lowest BCUT2D eigenvalue weighted by atomic mass is 10.3. The minimum atomic E-state index is -4.34. The summed E-state index contributed by atoms with van der Waals surface area (Å²) in [5, 5.41) is 4.36. The molecule has 1 heterocycles. The van der Waals surface area contributed by atoms with E-state index in [-0.39, 0.29) is 10.6 Å². The van der Waals surface area contributed by atoms with Crippen molar-refractivity contribution in [3.8, 4) is 5.75 Å². The van der Waals surface area contributed by atoms with Gasteiger partial charge in [-0.05, 0) is 12.1 Å². The fourth-order valence-electron chi connectivity index (χ4n) is 1.39. The summed E-state index contributed by atoms with van der Waals surface area (Å²) in [6, 6.07) is 3.60. The lowest BCUT2D eigenvalue weighted by Gasteiger charge is -2.22. The van der Waals surface area contributed by atoms with Crippen molar-refractivity contribution in [3.05, 3.63) is 30.5 Å². The first kappa shape index (κ1) is 14.1. The van der Waals surface area contributed by atoms with Crippen LogP contribution < -0.4 is 15.6 Å². The predicted octanol–water partition coefficient (Wildman–Crippen LogP) is 0.689. The molecule has 0 spiro atoms. The molecule has 1 aliphatic heterocycles. The largest absolute Gasteiger partial charge is 0.494 e. The zero-order valence-corrected chi connectivity index (χ0v) is 11.0. The molecule has 0 saturated carbocycles. The van der Waals surface area contributed by atoms with Crippen LogP contribution in [0, 0.1) is 6.20 Å². The average Bonchev–Trinajstić information content (AvgIpc) is 2.38. The van der Waals surface area contributed by atoms with Gasteiger partial charge in [0.15, 0.2) is 0 Å². The molecule has 0 fully saturated rings. The number of benzene rings is 1. The molecule has 1 aromatic carbocycles. The van der Waals surface area contributed by atoms with Gasteiger partial charge >= 0.3 is 0 Å². The maximum Gasteiger partial charge on any atom is 0.294 e. The third-order valence-electron chi connectivity index (χ3n) is 2.25. The summed E-state index contributed by atoms with van der Waals surface area (Å²) in [5.74, 6) is -0.656. The van der Waals surface area contributed by atoms with Crippen molar-refractivity contribution in [1.82, 2.24) is 10.7 Å². The van der Waals surface area contributed by atoms with Crippen LogP contribution >= 0.6 is 0 Å². The first-order chi connectivity index (χ1) is 9.40. The summed E-state index contributed by atoms with van der Waals surface area (Å²) < 4.78 is 48.9. The molecule has 10 heteroatoms. The van der Waals surface area contributed by atoms with Gasteiger partial charge in [-0.3, -0.25) is 15.4 Å². The number of hydrogen-bond acceptors (Lipinski definition) is 7. The minimum absolute atomic E-state index is 0.118. The van der Waals surface area contributed by atoms with Crippen molar-refractivity contribution in [3.63, 3.8) is 0 Å². The van der Waals surface area contributed by atoms with Gasteiger partial charge in [0.2, 0.25) is 5.97 Å². The van der Waals surface area contributed by atoms with Crippen LogP contribution in [0.25, 0.3) is 0 Å². The molecule has 1 radical (unpaired) electrons. The second-order valence-electron chi connectivity index (χ2n) is 3.58. The third kappa shape index (κ3) is 3.16. The number of hydrazone groups is 1. The van der Waals surface area contributed by atoms with E-state index in [0.717, 1.165) is 23.4 Å². The lowest BCUT2D eigenvalue weighted by molar-refractivity contribution is 0.269. The quantitative estimate of drug-likeness (QED) is 0.703. The Labute approximate surface area is 114 Å². The van der Waals surface area contributed by atoms with Gasteiger partial charge in [-0.25, -0.2) is 0 Å². The smallest absolute Gasteiger partial charge is 0.294 e. The molecule has 0 aliphatic carbocycles. The van der Waals surface area contributed by atoms with Crippen LogP contribution in [-0.4, -0.2) is 31.3 Å². The monoisotopic (exact) mass is 301 g/mol. The van der Waals surface area contributed by atoms with Crippen molar-refractivity contribution in [1.29, 1.82) is 0 Å². The normalized spacial score (nSPS) is 14.6. The highest BCUT2D eigenvalue weighted by molar-refractivity contribution is 7.85. The minimum Gasteiger partial charge on any atom is -0.494 e. The maximum absolute atomic E-state index is 12.9. The molecule has 2 rings (SSSR count). The van der Waals surface area contributed by atoms with Gasteiger partial charge in [-0.1, -0.05) is 0 Å². The number of methoxy groups -OCH3 is 1. The molecule has 1 aliphatic rings. The summed E-state index contributed by atoms with van der Waals surface area (Å²) in [6.45, 7) is 0. The second kappa shape index (κ2) is 5.35. The summed E-state index contributed by atoms with van der Waals surface area (Å²) >= 11 is 0. The standard InChI is InChI=1S/C10H10FN4O4S/c1-19-9-6-7(20(16,17)18)2-3-8(9)13-15-12-5-4-10(11)14-15/h2-4,6,12-13H,1H3,(H,16,17,18). The molecular formula is C10H10FN4O4S. The Hall–Kier alpha value is -2.33. The number of anilines is 1. The van der Waals surface area contributed by atoms with E-state index in [0.29, 0.717) is 5.69 Å². The summed E-state index contributed by atoms with van der Waals surface area (Å²) in [5.41, 5.74) is 5.38. The zero-order valence-electron chi connectivity index (χ0n) is 10.2. The molecule has 0 bridgehead atoms. The van der Waals surface area contributed by atoms with Crippen LogP contribution in [0.5, 0.6) is 5.75 Å². The fraction of sp³-hybridized carbons (Fsp3) is 0.100. The number of allylic oxidation sites excluding steroid dienone is 1. The molecule has 20 heavy (non-hydrogen) atoms. The van der Waals surface area contributed by atoms with Crippen molar-refractivity contribution in [2.45, 2.75) is 4.90 Å². The third-order valence-corrected chi connectivity index (χ3v) is 3.10. The number of hydrazine groups is 2. The Balaban J connectivity index is 2.27. The number of rotatable bonds is 4. The van der Waals surface area contributed by atoms with Crippen molar-refractivity contribution in [2.75, 3.05) is 12.5 Å². The van der Waals surface area contributed by atoms with Gasteiger partial charge in [-0.2, -0.15) is 12.8 Å². The van der Waals surface area contributed by atoms with E-state index in [9.17, 15) is 12.8 Å². The number of nitrogens with one attached hydrogen (secondary N) is 2. The van der Waals surface area contributed by atoms with Crippen LogP contribution in [0.15, 0.2) is 34.3 Å². The summed E-state index contributed by atoms with van der Waals surface area (Å²) in [4.78, 5) is -0.326. The van der Waals surface area contributed by atoms with Gasteiger partial charge in [0.25, 0.3) is 10.1 Å². The lowest BCUT2D eigenvalue weighted by Crippen LogP contribution is -2.37.